The Hall–Kier alpha value is -0.380. The molecule has 1 aliphatic rings. The molecule has 0 N–H and O–H groups in total. The van der Waals surface area contributed by atoms with Gasteiger partial charge in [-0.1, -0.05) is 6.92 Å². The maximum absolute atomic E-state index is 11.2. The highest BCUT2D eigenvalue weighted by atomic mass is 32.2. The second-order valence-electron chi connectivity index (χ2n) is 3.68. The molecule has 1 fully saturated rings. The summed E-state index contributed by atoms with van der Waals surface area (Å²) >= 11 is 0. The number of Topliss-reactive ketones (excluding diaryl/α,β-unsaturated/α-hetero) is 1. The van der Waals surface area contributed by atoms with Gasteiger partial charge in [-0.2, -0.15) is 0 Å². The quantitative estimate of drug-likeness (QED) is 0.642. The summed E-state index contributed by atoms with van der Waals surface area (Å²) in [4.78, 5) is 11.2. The van der Waals surface area contributed by atoms with E-state index in [1.165, 1.54) is 6.26 Å². The fourth-order valence-corrected chi connectivity index (χ4v) is 2.82. The van der Waals surface area contributed by atoms with E-state index in [0.29, 0.717) is 6.42 Å². The van der Waals surface area contributed by atoms with Gasteiger partial charge in [-0.05, 0) is 12.3 Å². The van der Waals surface area contributed by atoms with Gasteiger partial charge in [0.25, 0.3) is 0 Å². The molecule has 3 nitrogen and oxygen atoms in total. The first-order valence-electron chi connectivity index (χ1n) is 4.10. The predicted molar refractivity (Wildman–Crippen MR) is 46.6 cm³/mol. The fraction of sp³-hybridized carbons (Fsp3) is 0.875. The molecule has 2 atom stereocenters. The number of carbonyl (C=O) groups is 1. The molecular weight excluding hydrogens is 176 g/mol. The summed E-state index contributed by atoms with van der Waals surface area (Å²) in [5, 5.41) is 0. The third-order valence-electron chi connectivity index (χ3n) is 2.43. The topological polar surface area (TPSA) is 51.2 Å². The normalized spacial score (nSPS) is 31.0. The minimum atomic E-state index is -2.99. The first-order chi connectivity index (χ1) is 5.40. The van der Waals surface area contributed by atoms with Crippen LogP contribution in [0.3, 0.4) is 0 Å². The third kappa shape index (κ3) is 2.30. The molecular formula is C8H14O3S. The molecule has 0 saturated heterocycles. The number of ketones is 1. The molecule has 0 amide bonds. The van der Waals surface area contributed by atoms with Crippen LogP contribution in [0.15, 0.2) is 0 Å². The molecule has 0 aromatic heterocycles. The molecule has 4 heteroatoms. The van der Waals surface area contributed by atoms with Crippen molar-refractivity contribution in [3.05, 3.63) is 0 Å². The molecule has 70 valence electrons. The molecule has 0 bridgehead atoms. The van der Waals surface area contributed by atoms with E-state index >= 15 is 0 Å². The Morgan fingerprint density at radius 2 is 2.08 bits per heavy atom. The molecule has 0 spiro atoms. The smallest absolute Gasteiger partial charge is 0.148 e. The van der Waals surface area contributed by atoms with Crippen molar-refractivity contribution in [1.82, 2.24) is 0 Å². The zero-order valence-corrected chi connectivity index (χ0v) is 8.23. The molecule has 2 unspecified atom stereocenters. The van der Waals surface area contributed by atoms with E-state index in [0.717, 1.165) is 6.42 Å². The summed E-state index contributed by atoms with van der Waals surface area (Å²) in [6.07, 6.45) is 2.59. The lowest BCUT2D eigenvalue weighted by atomic mass is 10.0. The summed E-state index contributed by atoms with van der Waals surface area (Å²) < 4.78 is 21.9. The van der Waals surface area contributed by atoms with Gasteiger partial charge < -0.3 is 0 Å². The van der Waals surface area contributed by atoms with Gasteiger partial charge in [0.05, 0.1) is 5.75 Å². The molecule has 0 aromatic rings. The van der Waals surface area contributed by atoms with Crippen LogP contribution in [0.2, 0.25) is 0 Å². The van der Waals surface area contributed by atoms with E-state index in [1.807, 2.05) is 6.92 Å². The van der Waals surface area contributed by atoms with E-state index in [1.54, 1.807) is 0 Å². The van der Waals surface area contributed by atoms with Gasteiger partial charge >= 0.3 is 0 Å². The highest BCUT2D eigenvalue weighted by Gasteiger charge is 2.33. The standard InChI is InChI=1S/C8H14O3S/c1-6-3-4-8(9)7(6)5-12(2,10)11/h6-7H,3-5H2,1-2H3. The summed E-state index contributed by atoms with van der Waals surface area (Å²) in [6, 6.07) is 0. The van der Waals surface area contributed by atoms with Crippen LogP contribution in [-0.4, -0.2) is 26.2 Å². The second kappa shape index (κ2) is 3.17. The predicted octanol–water partition coefficient (Wildman–Crippen LogP) is 0.646. The zero-order chi connectivity index (χ0) is 9.35. The van der Waals surface area contributed by atoms with E-state index in [-0.39, 0.29) is 23.4 Å². The largest absolute Gasteiger partial charge is 0.299 e. The van der Waals surface area contributed by atoms with E-state index in [4.69, 9.17) is 0 Å². The summed E-state index contributed by atoms with van der Waals surface area (Å²) in [7, 11) is -2.99. The monoisotopic (exact) mass is 190 g/mol. The Balaban J connectivity index is 2.69. The Morgan fingerprint density at radius 3 is 2.42 bits per heavy atom. The molecule has 1 rings (SSSR count). The van der Waals surface area contributed by atoms with Crippen molar-refractivity contribution in [3.8, 4) is 0 Å². The molecule has 0 radical (unpaired) electrons. The van der Waals surface area contributed by atoms with Crippen molar-refractivity contribution >= 4 is 15.6 Å². The second-order valence-corrected chi connectivity index (χ2v) is 5.87. The van der Waals surface area contributed by atoms with Crippen molar-refractivity contribution < 1.29 is 13.2 Å². The number of hydrogen-bond acceptors (Lipinski definition) is 3. The van der Waals surface area contributed by atoms with E-state index in [9.17, 15) is 13.2 Å². The Labute approximate surface area is 73.1 Å². The van der Waals surface area contributed by atoms with Crippen LogP contribution in [0.4, 0.5) is 0 Å². The summed E-state index contributed by atoms with van der Waals surface area (Å²) in [5.41, 5.74) is 0. The highest BCUT2D eigenvalue weighted by Crippen LogP contribution is 2.28. The molecule has 1 saturated carbocycles. The number of carbonyl (C=O) groups excluding carboxylic acids is 1. The molecule has 0 heterocycles. The SMILES string of the molecule is CC1CCC(=O)C1CS(C)(=O)=O. The van der Waals surface area contributed by atoms with Gasteiger partial charge in [0.1, 0.15) is 15.6 Å². The first kappa shape index (κ1) is 9.71. The summed E-state index contributed by atoms with van der Waals surface area (Å²) in [6.45, 7) is 1.95. The lowest BCUT2D eigenvalue weighted by Gasteiger charge is -2.11. The van der Waals surface area contributed by atoms with E-state index < -0.39 is 9.84 Å². The van der Waals surface area contributed by atoms with Crippen LogP contribution < -0.4 is 0 Å². The van der Waals surface area contributed by atoms with Gasteiger partial charge in [0.15, 0.2) is 0 Å². The van der Waals surface area contributed by atoms with Crippen molar-refractivity contribution in [2.24, 2.45) is 11.8 Å². The van der Waals surface area contributed by atoms with Gasteiger partial charge in [0.2, 0.25) is 0 Å². The third-order valence-corrected chi connectivity index (χ3v) is 3.39. The highest BCUT2D eigenvalue weighted by molar-refractivity contribution is 7.90. The Kier molecular flexibility index (Phi) is 2.56. The van der Waals surface area contributed by atoms with Crippen LogP contribution in [-0.2, 0) is 14.6 Å². The van der Waals surface area contributed by atoms with Crippen LogP contribution in [0.1, 0.15) is 19.8 Å². The lowest BCUT2D eigenvalue weighted by Crippen LogP contribution is -2.22. The van der Waals surface area contributed by atoms with Crippen LogP contribution >= 0.6 is 0 Å². The minimum Gasteiger partial charge on any atom is -0.299 e. The first-order valence-corrected chi connectivity index (χ1v) is 6.16. The summed E-state index contributed by atoms with van der Waals surface area (Å²) in [5.74, 6) is 0.160. The molecule has 1 aliphatic carbocycles. The van der Waals surface area contributed by atoms with Gasteiger partial charge in [-0.15, -0.1) is 0 Å². The maximum Gasteiger partial charge on any atom is 0.148 e. The Bertz CT molecular complexity index is 279. The number of hydrogen-bond donors (Lipinski definition) is 0. The van der Waals surface area contributed by atoms with Crippen LogP contribution in [0.25, 0.3) is 0 Å². The maximum atomic E-state index is 11.2. The Morgan fingerprint density at radius 1 is 1.50 bits per heavy atom. The van der Waals surface area contributed by atoms with Crippen molar-refractivity contribution in [1.29, 1.82) is 0 Å². The zero-order valence-electron chi connectivity index (χ0n) is 7.41. The van der Waals surface area contributed by atoms with Crippen LogP contribution in [0, 0.1) is 11.8 Å². The van der Waals surface area contributed by atoms with Gasteiger partial charge in [-0.3, -0.25) is 4.79 Å². The van der Waals surface area contributed by atoms with Gasteiger partial charge in [0, 0.05) is 18.6 Å². The lowest BCUT2D eigenvalue weighted by molar-refractivity contribution is -0.120. The molecule has 0 aromatic carbocycles. The van der Waals surface area contributed by atoms with Gasteiger partial charge in [-0.25, -0.2) is 8.42 Å². The minimum absolute atomic E-state index is 0.0347. The van der Waals surface area contributed by atoms with Crippen molar-refractivity contribution in [3.63, 3.8) is 0 Å². The fourth-order valence-electron chi connectivity index (χ4n) is 1.66. The molecule has 0 aliphatic heterocycles. The average molecular weight is 190 g/mol. The molecule has 12 heavy (non-hydrogen) atoms. The number of sulfone groups is 1. The van der Waals surface area contributed by atoms with E-state index in [2.05, 4.69) is 0 Å². The van der Waals surface area contributed by atoms with Crippen molar-refractivity contribution in [2.45, 2.75) is 19.8 Å². The number of rotatable bonds is 2. The average Bonchev–Trinajstić information content (AvgIpc) is 2.16. The van der Waals surface area contributed by atoms with Crippen molar-refractivity contribution in [2.75, 3.05) is 12.0 Å². The van der Waals surface area contributed by atoms with Crippen LogP contribution in [0.5, 0.6) is 0 Å².